The van der Waals surface area contributed by atoms with E-state index in [4.69, 9.17) is 34.8 Å². The molecule has 3 heteroatoms. The van der Waals surface area contributed by atoms with Crippen molar-refractivity contribution in [3.8, 4) is 0 Å². The Bertz CT molecular complexity index is 367. The second-order valence-corrected chi connectivity index (χ2v) is 4.21. The molecule has 0 atom stereocenters. The van der Waals surface area contributed by atoms with Crippen LogP contribution in [0.1, 0.15) is 25.8 Å². The van der Waals surface area contributed by atoms with Gasteiger partial charge in [0.25, 0.3) is 0 Å². The summed E-state index contributed by atoms with van der Waals surface area (Å²) >= 11 is 18.0. The average Bonchev–Trinajstić information content (AvgIpc) is 2.13. The highest BCUT2D eigenvalue weighted by molar-refractivity contribution is 6.44. The fourth-order valence-electron chi connectivity index (χ4n) is 1.30. The number of halogens is 3. The Morgan fingerprint density at radius 3 is 2.36 bits per heavy atom. The number of allylic oxidation sites excluding steroid dienone is 2. The van der Waals surface area contributed by atoms with Gasteiger partial charge in [-0.05, 0) is 31.1 Å². The van der Waals surface area contributed by atoms with Gasteiger partial charge in [-0.15, -0.1) is 0 Å². The lowest BCUT2D eigenvalue weighted by Crippen LogP contribution is -1.85. The molecule has 0 unspecified atom stereocenters. The third-order valence-electron chi connectivity index (χ3n) is 1.95. The Morgan fingerprint density at radius 2 is 1.79 bits per heavy atom. The van der Waals surface area contributed by atoms with Gasteiger partial charge in [0.15, 0.2) is 0 Å². The number of rotatable bonds is 2. The van der Waals surface area contributed by atoms with Crippen LogP contribution in [0.2, 0.25) is 15.1 Å². The molecule has 0 N–H and O–H groups in total. The Hall–Kier alpha value is -0.170. The molecule has 0 fully saturated rings. The standard InChI is InChI=1S/C11H11Cl3/c1-3-4-7(2)10-8(12)5-6-9(13)11(10)14/h4-6H,3H2,1-2H3. The first-order chi connectivity index (χ1) is 6.57. The number of hydrogen-bond donors (Lipinski definition) is 0. The molecule has 76 valence electrons. The van der Waals surface area contributed by atoms with Gasteiger partial charge in [0.05, 0.1) is 10.0 Å². The van der Waals surface area contributed by atoms with Gasteiger partial charge in [0, 0.05) is 10.6 Å². The van der Waals surface area contributed by atoms with E-state index < -0.39 is 0 Å². The molecule has 1 aromatic carbocycles. The Labute approximate surface area is 99.5 Å². The zero-order valence-electron chi connectivity index (χ0n) is 8.07. The topological polar surface area (TPSA) is 0 Å². The summed E-state index contributed by atoms with van der Waals surface area (Å²) in [6.07, 6.45) is 3.02. The van der Waals surface area contributed by atoms with Gasteiger partial charge in [-0.1, -0.05) is 47.8 Å². The van der Waals surface area contributed by atoms with Gasteiger partial charge in [0.1, 0.15) is 0 Å². The van der Waals surface area contributed by atoms with Crippen LogP contribution in [0.25, 0.3) is 5.57 Å². The fraction of sp³-hybridized carbons (Fsp3) is 0.273. The minimum absolute atomic E-state index is 0.529. The predicted molar refractivity (Wildman–Crippen MR) is 65.4 cm³/mol. The van der Waals surface area contributed by atoms with Crippen LogP contribution < -0.4 is 0 Å². The van der Waals surface area contributed by atoms with E-state index in [-0.39, 0.29) is 0 Å². The zero-order valence-corrected chi connectivity index (χ0v) is 10.3. The van der Waals surface area contributed by atoms with Gasteiger partial charge >= 0.3 is 0 Å². The van der Waals surface area contributed by atoms with Crippen molar-refractivity contribution in [3.05, 3.63) is 38.8 Å². The van der Waals surface area contributed by atoms with Gasteiger partial charge in [-0.2, -0.15) is 0 Å². The molecule has 0 aromatic heterocycles. The third-order valence-corrected chi connectivity index (χ3v) is 3.07. The lowest BCUT2D eigenvalue weighted by Gasteiger charge is -2.08. The summed E-state index contributed by atoms with van der Waals surface area (Å²) in [4.78, 5) is 0. The summed E-state index contributed by atoms with van der Waals surface area (Å²) in [6.45, 7) is 4.04. The minimum atomic E-state index is 0.529. The van der Waals surface area contributed by atoms with Crippen LogP contribution in [0.5, 0.6) is 0 Å². The van der Waals surface area contributed by atoms with E-state index in [9.17, 15) is 0 Å². The minimum Gasteiger partial charge on any atom is -0.0836 e. The molecule has 0 saturated heterocycles. The van der Waals surface area contributed by atoms with E-state index in [0.29, 0.717) is 15.1 Å². The maximum absolute atomic E-state index is 6.07. The molecule has 1 rings (SSSR count). The van der Waals surface area contributed by atoms with E-state index in [1.54, 1.807) is 12.1 Å². The summed E-state index contributed by atoms with van der Waals surface area (Å²) in [5, 5.41) is 1.71. The van der Waals surface area contributed by atoms with Crippen LogP contribution in [0, 0.1) is 0 Å². The molecule has 0 aliphatic carbocycles. The van der Waals surface area contributed by atoms with Crippen molar-refractivity contribution in [3.63, 3.8) is 0 Å². The molecule has 0 amide bonds. The summed E-state index contributed by atoms with van der Waals surface area (Å²) < 4.78 is 0. The van der Waals surface area contributed by atoms with Crippen molar-refractivity contribution in [1.29, 1.82) is 0 Å². The highest BCUT2D eigenvalue weighted by Gasteiger charge is 2.10. The van der Waals surface area contributed by atoms with E-state index >= 15 is 0 Å². The summed E-state index contributed by atoms with van der Waals surface area (Å²) in [5.41, 5.74) is 1.90. The molecule has 0 nitrogen and oxygen atoms in total. The van der Waals surface area contributed by atoms with Crippen LogP contribution in [-0.4, -0.2) is 0 Å². The number of benzene rings is 1. The SMILES string of the molecule is CCC=C(C)c1c(Cl)ccc(Cl)c1Cl. The molecule has 1 aromatic rings. The van der Waals surface area contributed by atoms with Crippen molar-refractivity contribution in [2.75, 3.05) is 0 Å². The first-order valence-corrected chi connectivity index (χ1v) is 5.52. The van der Waals surface area contributed by atoms with E-state index in [0.717, 1.165) is 17.6 Å². The van der Waals surface area contributed by atoms with Crippen LogP contribution in [0.4, 0.5) is 0 Å². The van der Waals surface area contributed by atoms with Crippen molar-refractivity contribution in [1.82, 2.24) is 0 Å². The van der Waals surface area contributed by atoms with Crippen molar-refractivity contribution in [2.45, 2.75) is 20.3 Å². The van der Waals surface area contributed by atoms with Crippen LogP contribution in [-0.2, 0) is 0 Å². The summed E-state index contributed by atoms with van der Waals surface area (Å²) in [6, 6.07) is 3.47. The molecule has 0 heterocycles. The largest absolute Gasteiger partial charge is 0.0836 e. The smallest absolute Gasteiger partial charge is 0.0682 e. The maximum Gasteiger partial charge on any atom is 0.0682 e. The predicted octanol–water partition coefficient (Wildman–Crippen LogP) is 5.46. The molecular formula is C11H11Cl3. The van der Waals surface area contributed by atoms with Gasteiger partial charge in [-0.25, -0.2) is 0 Å². The first-order valence-electron chi connectivity index (χ1n) is 4.38. The zero-order chi connectivity index (χ0) is 10.7. The Morgan fingerprint density at radius 1 is 1.21 bits per heavy atom. The monoisotopic (exact) mass is 248 g/mol. The highest BCUT2D eigenvalue weighted by Crippen LogP contribution is 2.35. The Kier molecular flexibility index (Phi) is 4.31. The molecule has 0 aliphatic rings. The lowest BCUT2D eigenvalue weighted by atomic mass is 10.1. The molecule has 0 spiro atoms. The van der Waals surface area contributed by atoms with E-state index in [1.165, 1.54) is 0 Å². The van der Waals surface area contributed by atoms with Crippen molar-refractivity contribution < 1.29 is 0 Å². The Balaban J connectivity index is 3.32. The van der Waals surface area contributed by atoms with E-state index in [1.807, 2.05) is 6.92 Å². The number of hydrogen-bond acceptors (Lipinski definition) is 0. The second-order valence-electron chi connectivity index (χ2n) is 3.01. The lowest BCUT2D eigenvalue weighted by molar-refractivity contribution is 1.22. The molecule has 14 heavy (non-hydrogen) atoms. The normalized spacial score (nSPS) is 11.9. The summed E-state index contributed by atoms with van der Waals surface area (Å²) in [7, 11) is 0. The molecule has 0 aliphatic heterocycles. The van der Waals surface area contributed by atoms with Crippen molar-refractivity contribution >= 4 is 40.4 Å². The third kappa shape index (κ3) is 2.44. The molecule has 0 saturated carbocycles. The van der Waals surface area contributed by atoms with Gasteiger partial charge in [-0.3, -0.25) is 0 Å². The fourth-order valence-corrected chi connectivity index (χ4v) is 2.12. The first kappa shape index (κ1) is 11.9. The molecule has 0 bridgehead atoms. The maximum atomic E-state index is 6.07. The quantitative estimate of drug-likeness (QED) is 0.611. The van der Waals surface area contributed by atoms with Crippen LogP contribution in [0.3, 0.4) is 0 Å². The van der Waals surface area contributed by atoms with Crippen molar-refractivity contribution in [2.24, 2.45) is 0 Å². The summed E-state index contributed by atoms with van der Waals surface area (Å²) in [5.74, 6) is 0. The highest BCUT2D eigenvalue weighted by atomic mass is 35.5. The van der Waals surface area contributed by atoms with Gasteiger partial charge < -0.3 is 0 Å². The molecule has 0 radical (unpaired) electrons. The van der Waals surface area contributed by atoms with Crippen LogP contribution in [0.15, 0.2) is 18.2 Å². The second kappa shape index (κ2) is 5.06. The van der Waals surface area contributed by atoms with E-state index in [2.05, 4.69) is 13.0 Å². The van der Waals surface area contributed by atoms with Gasteiger partial charge in [0.2, 0.25) is 0 Å². The average molecular weight is 250 g/mol. The molecular weight excluding hydrogens is 238 g/mol. The van der Waals surface area contributed by atoms with Crippen LogP contribution >= 0.6 is 34.8 Å².